The number of amides is 1. The molecular weight excluding hydrogens is 470 g/mol. The molecule has 1 unspecified atom stereocenters. The number of hydrogen-bond acceptors (Lipinski definition) is 4. The van der Waals surface area contributed by atoms with Crippen molar-refractivity contribution in [2.45, 2.75) is 70.9 Å². The van der Waals surface area contributed by atoms with Crippen LogP contribution >= 0.6 is 0 Å². The molecule has 1 amide bonds. The molecule has 1 aliphatic rings. The molecule has 1 heterocycles. The second-order valence-electron chi connectivity index (χ2n) is 9.94. The third kappa shape index (κ3) is 6.02. The van der Waals surface area contributed by atoms with E-state index >= 15 is 0 Å². The minimum Gasteiger partial charge on any atom is -0.306 e. The van der Waals surface area contributed by atoms with Crippen LogP contribution in [0.2, 0.25) is 0 Å². The van der Waals surface area contributed by atoms with E-state index in [1.165, 1.54) is 0 Å². The number of anilines is 1. The van der Waals surface area contributed by atoms with Gasteiger partial charge < -0.3 is 4.90 Å². The zero-order valence-electron chi connectivity index (χ0n) is 21.5. The molecule has 0 fully saturated rings. The second-order valence-corrected chi connectivity index (χ2v) is 11.7. The summed E-state index contributed by atoms with van der Waals surface area (Å²) in [5.41, 5.74) is 5.62. The molecule has 1 aliphatic carbocycles. The lowest BCUT2D eigenvalue weighted by Crippen LogP contribution is -2.32. The number of aryl methyl sites for hydroxylation is 3. The normalized spacial score (nSPS) is 15.2. The van der Waals surface area contributed by atoms with E-state index in [4.69, 9.17) is 0 Å². The van der Waals surface area contributed by atoms with E-state index in [0.29, 0.717) is 19.4 Å². The van der Waals surface area contributed by atoms with Gasteiger partial charge in [0.1, 0.15) is 0 Å². The Morgan fingerprint density at radius 3 is 2.53 bits per heavy atom. The lowest BCUT2D eigenvalue weighted by Gasteiger charge is -2.25. The number of nitrogens with one attached hydrogen (secondary N) is 1. The van der Waals surface area contributed by atoms with E-state index in [1.54, 1.807) is 17.0 Å². The van der Waals surface area contributed by atoms with Crippen LogP contribution < -0.4 is 9.62 Å². The molecule has 1 N–H and O–H groups in total. The van der Waals surface area contributed by atoms with Gasteiger partial charge in [0.15, 0.2) is 0 Å². The number of carbonyl (C=O) groups is 1. The van der Waals surface area contributed by atoms with Crippen molar-refractivity contribution in [3.63, 3.8) is 0 Å². The fraction of sp³-hybridized carbons (Fsp3) is 0.379. The van der Waals surface area contributed by atoms with Gasteiger partial charge in [0.05, 0.1) is 17.1 Å². The van der Waals surface area contributed by atoms with E-state index < -0.39 is 10.0 Å². The molecule has 2 aromatic carbocycles. The number of aromatic nitrogens is 1. The Balaban J connectivity index is 1.63. The standard InChI is InChI=1S/C29H35N3O3S/c1-5-22-9-14-26(15-10-22)36(34,35)31-28-16-12-23-11-13-25(18-27(23)28)32(29(33)17-20(2)3)19-24-8-6-7-21(4)30-24/h6-11,13-15,18,20,28,31H,5,12,16-17,19H2,1-4H3. The summed E-state index contributed by atoms with van der Waals surface area (Å²) in [6.45, 7) is 8.40. The Labute approximate surface area is 214 Å². The number of nitrogens with zero attached hydrogens (tertiary/aromatic N) is 2. The van der Waals surface area contributed by atoms with Gasteiger partial charge in [0.2, 0.25) is 15.9 Å². The first-order valence-corrected chi connectivity index (χ1v) is 14.1. The second kappa shape index (κ2) is 10.9. The first-order valence-electron chi connectivity index (χ1n) is 12.6. The Kier molecular flexibility index (Phi) is 7.91. The smallest absolute Gasteiger partial charge is 0.241 e. The molecule has 36 heavy (non-hydrogen) atoms. The van der Waals surface area contributed by atoms with Gasteiger partial charge in [-0.05, 0) is 85.2 Å². The molecule has 0 radical (unpaired) electrons. The van der Waals surface area contributed by atoms with Gasteiger partial charge in [0, 0.05) is 23.8 Å². The quantitative estimate of drug-likeness (QED) is 0.417. The lowest BCUT2D eigenvalue weighted by molar-refractivity contribution is -0.119. The third-order valence-corrected chi connectivity index (χ3v) is 8.10. The molecule has 6 nitrogen and oxygen atoms in total. The minimum absolute atomic E-state index is 0.0272. The van der Waals surface area contributed by atoms with Crippen LogP contribution in [-0.4, -0.2) is 19.3 Å². The zero-order chi connectivity index (χ0) is 25.9. The lowest BCUT2D eigenvalue weighted by atomic mass is 10.1. The zero-order valence-corrected chi connectivity index (χ0v) is 22.3. The topological polar surface area (TPSA) is 79.4 Å². The predicted octanol–water partition coefficient (Wildman–Crippen LogP) is 5.50. The summed E-state index contributed by atoms with van der Waals surface area (Å²) in [5, 5.41) is 0. The summed E-state index contributed by atoms with van der Waals surface area (Å²) in [7, 11) is -3.67. The Morgan fingerprint density at radius 2 is 1.86 bits per heavy atom. The van der Waals surface area contributed by atoms with Crippen molar-refractivity contribution in [3.8, 4) is 0 Å². The average Bonchev–Trinajstić information content (AvgIpc) is 3.23. The largest absolute Gasteiger partial charge is 0.306 e. The number of carbonyl (C=O) groups excluding carboxylic acids is 1. The van der Waals surface area contributed by atoms with Crippen molar-refractivity contribution in [1.29, 1.82) is 0 Å². The SMILES string of the molecule is CCc1ccc(S(=O)(=O)NC2CCc3ccc(N(Cc4cccc(C)n4)C(=O)CC(C)C)cc32)cc1. The maximum absolute atomic E-state index is 13.3. The highest BCUT2D eigenvalue weighted by Crippen LogP contribution is 2.36. The van der Waals surface area contributed by atoms with Crippen LogP contribution in [-0.2, 0) is 34.2 Å². The number of hydrogen-bond donors (Lipinski definition) is 1. The third-order valence-electron chi connectivity index (χ3n) is 6.61. The van der Waals surface area contributed by atoms with E-state index in [0.717, 1.165) is 46.6 Å². The highest BCUT2D eigenvalue weighted by atomic mass is 32.2. The molecular formula is C29H35N3O3S. The Bertz CT molecular complexity index is 1330. The van der Waals surface area contributed by atoms with E-state index in [-0.39, 0.29) is 22.8 Å². The molecule has 4 rings (SSSR count). The van der Waals surface area contributed by atoms with Crippen LogP contribution in [0.1, 0.15) is 67.7 Å². The monoisotopic (exact) mass is 505 g/mol. The van der Waals surface area contributed by atoms with E-state index in [1.807, 2.05) is 76.2 Å². The summed E-state index contributed by atoms with van der Waals surface area (Å²) >= 11 is 0. The van der Waals surface area contributed by atoms with Crippen LogP contribution in [0.25, 0.3) is 0 Å². The fourth-order valence-electron chi connectivity index (χ4n) is 4.67. The highest BCUT2D eigenvalue weighted by Gasteiger charge is 2.29. The van der Waals surface area contributed by atoms with Gasteiger partial charge in [-0.1, -0.05) is 45.0 Å². The van der Waals surface area contributed by atoms with Gasteiger partial charge in [-0.3, -0.25) is 9.78 Å². The fourth-order valence-corrected chi connectivity index (χ4v) is 5.92. The van der Waals surface area contributed by atoms with Gasteiger partial charge in [-0.25, -0.2) is 13.1 Å². The van der Waals surface area contributed by atoms with Crippen LogP contribution in [0.5, 0.6) is 0 Å². The number of fused-ring (bicyclic) bond motifs is 1. The van der Waals surface area contributed by atoms with Crippen molar-refractivity contribution in [3.05, 3.63) is 88.7 Å². The molecule has 1 aromatic heterocycles. The van der Waals surface area contributed by atoms with E-state index in [2.05, 4.69) is 9.71 Å². The molecule has 0 bridgehead atoms. The van der Waals surface area contributed by atoms with Gasteiger partial charge in [-0.2, -0.15) is 0 Å². The molecule has 0 aliphatic heterocycles. The summed E-state index contributed by atoms with van der Waals surface area (Å²) in [5.74, 6) is 0.248. The minimum atomic E-state index is -3.67. The molecule has 190 valence electrons. The van der Waals surface area contributed by atoms with Crippen molar-refractivity contribution in [2.75, 3.05) is 4.90 Å². The van der Waals surface area contributed by atoms with Gasteiger partial charge in [-0.15, -0.1) is 0 Å². The first-order chi connectivity index (χ1) is 17.2. The van der Waals surface area contributed by atoms with E-state index in [9.17, 15) is 13.2 Å². The van der Waals surface area contributed by atoms with Crippen LogP contribution in [0, 0.1) is 12.8 Å². The van der Waals surface area contributed by atoms with Crippen LogP contribution in [0.4, 0.5) is 5.69 Å². The van der Waals surface area contributed by atoms with Gasteiger partial charge in [0.25, 0.3) is 0 Å². The highest BCUT2D eigenvalue weighted by molar-refractivity contribution is 7.89. The maximum Gasteiger partial charge on any atom is 0.241 e. The number of pyridine rings is 1. The molecule has 0 spiro atoms. The van der Waals surface area contributed by atoms with Crippen LogP contribution in [0.15, 0.2) is 65.6 Å². The summed E-state index contributed by atoms with van der Waals surface area (Å²) in [4.78, 5) is 19.9. The summed E-state index contributed by atoms with van der Waals surface area (Å²) in [6.07, 6.45) is 2.75. The molecule has 3 aromatic rings. The summed E-state index contributed by atoms with van der Waals surface area (Å²) < 4.78 is 29.2. The Morgan fingerprint density at radius 1 is 1.11 bits per heavy atom. The molecule has 0 saturated carbocycles. The van der Waals surface area contributed by atoms with Crippen molar-refractivity contribution in [1.82, 2.24) is 9.71 Å². The summed E-state index contributed by atoms with van der Waals surface area (Å²) in [6, 6.07) is 18.5. The van der Waals surface area contributed by atoms with Crippen LogP contribution in [0.3, 0.4) is 0 Å². The molecule has 7 heteroatoms. The maximum atomic E-state index is 13.3. The number of rotatable bonds is 9. The van der Waals surface area contributed by atoms with Crippen molar-refractivity contribution < 1.29 is 13.2 Å². The number of benzene rings is 2. The number of sulfonamides is 1. The predicted molar refractivity (Wildman–Crippen MR) is 143 cm³/mol. The van der Waals surface area contributed by atoms with Crippen molar-refractivity contribution >= 4 is 21.6 Å². The van der Waals surface area contributed by atoms with Crippen molar-refractivity contribution in [2.24, 2.45) is 5.92 Å². The first kappa shape index (κ1) is 26.0. The molecule has 1 atom stereocenters. The Hall–Kier alpha value is -3.03. The van der Waals surface area contributed by atoms with Gasteiger partial charge >= 0.3 is 0 Å². The average molecular weight is 506 g/mol. The molecule has 0 saturated heterocycles.